The largest absolute Gasteiger partial charge is 0.496 e. The molecule has 0 aromatic heterocycles. The first-order chi connectivity index (χ1) is 6.86. The first-order valence-corrected chi connectivity index (χ1v) is 5.23. The van der Waals surface area contributed by atoms with Crippen LogP contribution in [-0.2, 0) is 6.54 Å². The molecule has 0 saturated carbocycles. The lowest BCUT2D eigenvalue weighted by atomic mass is 9.88. The number of fused-ring (bicyclic) bond motifs is 1. The van der Waals surface area contributed by atoms with Gasteiger partial charge in [0, 0.05) is 24.6 Å². The van der Waals surface area contributed by atoms with Crippen LogP contribution in [0.2, 0.25) is 0 Å². The molecule has 2 heteroatoms. The first kappa shape index (κ1) is 9.53. The molecular formula is C12H17NO. The van der Waals surface area contributed by atoms with Gasteiger partial charge in [0.15, 0.2) is 0 Å². The molecule has 2 rings (SSSR count). The van der Waals surface area contributed by atoms with Gasteiger partial charge in [0.2, 0.25) is 0 Å². The summed E-state index contributed by atoms with van der Waals surface area (Å²) in [5.41, 5.74) is 2.80. The fourth-order valence-corrected chi connectivity index (χ4v) is 2.22. The lowest BCUT2D eigenvalue weighted by molar-refractivity contribution is 0.396. The minimum absolute atomic E-state index is 0.606. The molecular weight excluding hydrogens is 174 g/mol. The zero-order valence-corrected chi connectivity index (χ0v) is 8.84. The number of hydrogen-bond acceptors (Lipinski definition) is 2. The summed E-state index contributed by atoms with van der Waals surface area (Å²) >= 11 is 0. The summed E-state index contributed by atoms with van der Waals surface area (Å²) in [6.07, 6.45) is 1.17. The maximum Gasteiger partial charge on any atom is 0.122 e. The van der Waals surface area contributed by atoms with Crippen molar-refractivity contribution in [1.29, 1.82) is 0 Å². The molecule has 1 unspecified atom stereocenters. The molecule has 0 radical (unpaired) electrons. The molecule has 1 aromatic carbocycles. The normalized spacial score (nSPS) is 20.3. The van der Waals surface area contributed by atoms with Crippen molar-refractivity contribution < 1.29 is 4.74 Å². The number of nitrogens with one attached hydrogen (secondary N) is 1. The second-order valence-corrected chi connectivity index (χ2v) is 3.77. The van der Waals surface area contributed by atoms with Crippen molar-refractivity contribution in [2.24, 2.45) is 0 Å². The molecule has 1 N–H and O–H groups in total. The molecule has 1 atom stereocenters. The summed E-state index contributed by atoms with van der Waals surface area (Å²) in [5.74, 6) is 1.66. The topological polar surface area (TPSA) is 21.3 Å². The van der Waals surface area contributed by atoms with Crippen molar-refractivity contribution in [3.63, 3.8) is 0 Å². The van der Waals surface area contributed by atoms with Crippen molar-refractivity contribution in [3.05, 3.63) is 29.3 Å². The number of benzene rings is 1. The van der Waals surface area contributed by atoms with Crippen LogP contribution in [-0.4, -0.2) is 13.7 Å². The fraction of sp³-hybridized carbons (Fsp3) is 0.500. The van der Waals surface area contributed by atoms with E-state index in [0.717, 1.165) is 18.8 Å². The Hall–Kier alpha value is -1.02. The van der Waals surface area contributed by atoms with Gasteiger partial charge in [0.1, 0.15) is 5.75 Å². The van der Waals surface area contributed by atoms with Gasteiger partial charge in [0.05, 0.1) is 7.11 Å². The van der Waals surface area contributed by atoms with E-state index in [2.05, 4.69) is 30.4 Å². The van der Waals surface area contributed by atoms with Crippen molar-refractivity contribution in [2.45, 2.75) is 25.8 Å². The highest BCUT2D eigenvalue weighted by atomic mass is 16.5. The average molecular weight is 191 g/mol. The monoisotopic (exact) mass is 191 g/mol. The maximum absolute atomic E-state index is 5.42. The molecule has 2 nitrogen and oxygen atoms in total. The molecule has 14 heavy (non-hydrogen) atoms. The van der Waals surface area contributed by atoms with Gasteiger partial charge in [-0.1, -0.05) is 19.1 Å². The van der Waals surface area contributed by atoms with E-state index in [1.54, 1.807) is 7.11 Å². The molecule has 0 fully saturated rings. The zero-order chi connectivity index (χ0) is 9.97. The highest BCUT2D eigenvalue weighted by Crippen LogP contribution is 2.34. The van der Waals surface area contributed by atoms with Crippen molar-refractivity contribution in [3.8, 4) is 5.75 Å². The highest BCUT2D eigenvalue weighted by Gasteiger charge is 2.21. The predicted octanol–water partition coefficient (Wildman–Crippen LogP) is 2.29. The van der Waals surface area contributed by atoms with Crippen LogP contribution in [0.4, 0.5) is 0 Å². The zero-order valence-electron chi connectivity index (χ0n) is 8.84. The lowest BCUT2D eigenvalue weighted by Crippen LogP contribution is -2.28. The quantitative estimate of drug-likeness (QED) is 0.774. The summed E-state index contributed by atoms with van der Waals surface area (Å²) in [4.78, 5) is 0. The summed E-state index contributed by atoms with van der Waals surface area (Å²) in [7, 11) is 1.75. The summed E-state index contributed by atoms with van der Waals surface area (Å²) < 4.78 is 5.42. The molecule has 0 spiro atoms. The molecule has 1 heterocycles. The SMILES string of the molecule is CCC1CNCc2cccc(OC)c21. The number of rotatable bonds is 2. The van der Waals surface area contributed by atoms with Crippen LogP contribution in [0.15, 0.2) is 18.2 Å². The third-order valence-corrected chi connectivity index (χ3v) is 2.98. The van der Waals surface area contributed by atoms with Crippen LogP contribution in [0.25, 0.3) is 0 Å². The van der Waals surface area contributed by atoms with Crippen molar-refractivity contribution in [1.82, 2.24) is 5.32 Å². The first-order valence-electron chi connectivity index (χ1n) is 5.23. The Kier molecular flexibility index (Phi) is 2.73. The number of ether oxygens (including phenoxy) is 1. The van der Waals surface area contributed by atoms with Gasteiger partial charge in [0.25, 0.3) is 0 Å². The van der Waals surface area contributed by atoms with Crippen LogP contribution < -0.4 is 10.1 Å². The van der Waals surface area contributed by atoms with Gasteiger partial charge < -0.3 is 10.1 Å². The van der Waals surface area contributed by atoms with Crippen LogP contribution in [0.1, 0.15) is 30.4 Å². The molecule has 1 aromatic rings. The number of methoxy groups -OCH3 is 1. The van der Waals surface area contributed by atoms with Gasteiger partial charge in [-0.05, 0) is 18.1 Å². The van der Waals surface area contributed by atoms with E-state index < -0.39 is 0 Å². The van der Waals surface area contributed by atoms with Gasteiger partial charge in [-0.15, -0.1) is 0 Å². The molecule has 1 aliphatic rings. The van der Waals surface area contributed by atoms with E-state index in [-0.39, 0.29) is 0 Å². The molecule has 0 bridgehead atoms. The highest BCUT2D eigenvalue weighted by molar-refractivity contribution is 5.44. The van der Waals surface area contributed by atoms with Crippen LogP contribution >= 0.6 is 0 Å². The van der Waals surface area contributed by atoms with Crippen LogP contribution in [0.3, 0.4) is 0 Å². The van der Waals surface area contributed by atoms with Crippen molar-refractivity contribution >= 4 is 0 Å². The van der Waals surface area contributed by atoms with Gasteiger partial charge in [-0.2, -0.15) is 0 Å². The second-order valence-electron chi connectivity index (χ2n) is 3.77. The predicted molar refractivity (Wildman–Crippen MR) is 57.7 cm³/mol. The third-order valence-electron chi connectivity index (χ3n) is 2.98. The minimum Gasteiger partial charge on any atom is -0.496 e. The summed E-state index contributed by atoms with van der Waals surface area (Å²) in [6, 6.07) is 6.32. The summed E-state index contributed by atoms with van der Waals surface area (Å²) in [5, 5.41) is 3.44. The molecule has 1 aliphatic heterocycles. The minimum atomic E-state index is 0.606. The summed E-state index contributed by atoms with van der Waals surface area (Å²) in [6.45, 7) is 4.28. The molecule has 76 valence electrons. The Morgan fingerprint density at radius 3 is 3.07 bits per heavy atom. The van der Waals surface area contributed by atoms with Gasteiger partial charge >= 0.3 is 0 Å². The lowest BCUT2D eigenvalue weighted by Gasteiger charge is -2.27. The van der Waals surface area contributed by atoms with Crippen LogP contribution in [0, 0.1) is 0 Å². The van der Waals surface area contributed by atoms with Crippen molar-refractivity contribution in [2.75, 3.05) is 13.7 Å². The van der Waals surface area contributed by atoms with E-state index >= 15 is 0 Å². The maximum atomic E-state index is 5.42. The van der Waals surface area contributed by atoms with E-state index in [1.807, 2.05) is 0 Å². The Morgan fingerprint density at radius 2 is 2.36 bits per heavy atom. The smallest absolute Gasteiger partial charge is 0.122 e. The Balaban J connectivity index is 2.46. The Bertz CT molecular complexity index is 308. The van der Waals surface area contributed by atoms with E-state index in [1.165, 1.54) is 17.5 Å². The fourth-order valence-electron chi connectivity index (χ4n) is 2.22. The van der Waals surface area contributed by atoms with E-state index in [9.17, 15) is 0 Å². The van der Waals surface area contributed by atoms with E-state index in [4.69, 9.17) is 4.74 Å². The third kappa shape index (κ3) is 1.50. The van der Waals surface area contributed by atoms with Crippen LogP contribution in [0.5, 0.6) is 5.75 Å². The Morgan fingerprint density at radius 1 is 1.50 bits per heavy atom. The second kappa shape index (κ2) is 4.01. The van der Waals surface area contributed by atoms with Gasteiger partial charge in [-0.25, -0.2) is 0 Å². The standard InChI is InChI=1S/C12H17NO/c1-3-9-7-13-8-10-5-4-6-11(14-2)12(9)10/h4-6,9,13H,3,7-8H2,1-2H3. The van der Waals surface area contributed by atoms with Gasteiger partial charge in [-0.3, -0.25) is 0 Å². The molecule has 0 aliphatic carbocycles. The number of hydrogen-bond donors (Lipinski definition) is 1. The Labute approximate surface area is 85.3 Å². The average Bonchev–Trinajstić information content (AvgIpc) is 2.27. The molecule has 0 amide bonds. The molecule has 0 saturated heterocycles. The van der Waals surface area contributed by atoms with E-state index in [0.29, 0.717) is 5.92 Å².